The van der Waals surface area contributed by atoms with E-state index in [0.29, 0.717) is 0 Å². The Balaban J connectivity index is 2.15. The summed E-state index contributed by atoms with van der Waals surface area (Å²) in [6.45, 7) is -0.644. The summed E-state index contributed by atoms with van der Waals surface area (Å²) in [5.41, 5.74) is -0.632. The van der Waals surface area contributed by atoms with Crippen LogP contribution in [0.3, 0.4) is 0 Å². The van der Waals surface area contributed by atoms with Gasteiger partial charge in [0.2, 0.25) is 10.0 Å². The van der Waals surface area contributed by atoms with E-state index < -0.39 is 38.7 Å². The van der Waals surface area contributed by atoms with Crippen molar-refractivity contribution in [1.29, 1.82) is 0 Å². The first-order chi connectivity index (χ1) is 9.95. The molecule has 8 heteroatoms. The number of halogens is 2. The molecule has 1 aliphatic rings. The molecule has 0 amide bonds. The van der Waals surface area contributed by atoms with Crippen LogP contribution in [0.2, 0.25) is 0 Å². The zero-order chi connectivity index (χ0) is 15.5. The number of hydrogen-bond donors (Lipinski definition) is 2. The molecule has 0 saturated carbocycles. The van der Waals surface area contributed by atoms with Crippen molar-refractivity contribution in [2.45, 2.75) is 24.3 Å². The molecule has 1 saturated heterocycles. The number of rotatable bonds is 5. The molecule has 0 bridgehead atoms. The summed E-state index contributed by atoms with van der Waals surface area (Å²) < 4.78 is 53.9. The number of nitrogens with one attached hydrogen (secondary N) is 1. The summed E-state index contributed by atoms with van der Waals surface area (Å²) in [4.78, 5) is -0.627. The van der Waals surface area contributed by atoms with Gasteiger partial charge in [-0.1, -0.05) is 0 Å². The van der Waals surface area contributed by atoms with E-state index in [9.17, 15) is 17.2 Å². The summed E-state index contributed by atoms with van der Waals surface area (Å²) in [5, 5.41) is 8.93. The highest BCUT2D eigenvalue weighted by Gasteiger charge is 2.24. The van der Waals surface area contributed by atoms with Crippen LogP contribution in [0.4, 0.5) is 8.78 Å². The predicted octanol–water partition coefficient (Wildman–Crippen LogP) is 1.88. The lowest BCUT2D eigenvalue weighted by Crippen LogP contribution is -2.31. The van der Waals surface area contributed by atoms with Crippen molar-refractivity contribution >= 4 is 21.8 Å². The van der Waals surface area contributed by atoms with Crippen molar-refractivity contribution in [2.75, 3.05) is 18.1 Å². The summed E-state index contributed by atoms with van der Waals surface area (Å²) in [7, 11) is -4.05. The van der Waals surface area contributed by atoms with Gasteiger partial charge in [-0.05, 0) is 42.4 Å². The van der Waals surface area contributed by atoms with E-state index in [1.54, 1.807) is 0 Å². The summed E-state index contributed by atoms with van der Waals surface area (Å²) in [5.74, 6) is 0.0297. The smallest absolute Gasteiger partial charge is 0.243 e. The Bertz CT molecular complexity index is 602. The predicted molar refractivity (Wildman–Crippen MR) is 77.5 cm³/mol. The van der Waals surface area contributed by atoms with E-state index in [2.05, 4.69) is 4.72 Å². The van der Waals surface area contributed by atoms with E-state index in [1.807, 2.05) is 11.8 Å². The quantitative estimate of drug-likeness (QED) is 0.861. The van der Waals surface area contributed by atoms with Crippen molar-refractivity contribution in [2.24, 2.45) is 5.92 Å². The Hall–Kier alpha value is -0.700. The number of benzene rings is 1. The first kappa shape index (κ1) is 16.7. The second-order valence-corrected chi connectivity index (χ2v) is 7.86. The van der Waals surface area contributed by atoms with Crippen LogP contribution >= 0.6 is 11.8 Å². The minimum Gasteiger partial charge on any atom is -0.391 e. The van der Waals surface area contributed by atoms with Crippen molar-refractivity contribution < 1.29 is 22.3 Å². The number of sulfonamides is 1. The van der Waals surface area contributed by atoms with Gasteiger partial charge >= 0.3 is 0 Å². The van der Waals surface area contributed by atoms with Crippen LogP contribution in [0, 0.1) is 17.6 Å². The molecule has 0 aromatic heterocycles. The van der Waals surface area contributed by atoms with E-state index >= 15 is 0 Å². The maximum Gasteiger partial charge on any atom is 0.243 e. The minimum atomic E-state index is -4.05. The maximum absolute atomic E-state index is 14.0. The molecule has 0 aliphatic carbocycles. The van der Waals surface area contributed by atoms with Gasteiger partial charge in [0.25, 0.3) is 0 Å². The van der Waals surface area contributed by atoms with Crippen LogP contribution in [0.15, 0.2) is 17.0 Å². The third-order valence-electron chi connectivity index (χ3n) is 3.50. The highest BCUT2D eigenvalue weighted by molar-refractivity contribution is 7.99. The fourth-order valence-electron chi connectivity index (χ4n) is 2.18. The van der Waals surface area contributed by atoms with Crippen LogP contribution < -0.4 is 4.72 Å². The number of hydrogen-bond acceptors (Lipinski definition) is 4. The lowest BCUT2D eigenvalue weighted by Gasteiger charge is -2.21. The molecule has 0 atom stereocenters. The zero-order valence-corrected chi connectivity index (χ0v) is 12.9. The van der Waals surface area contributed by atoms with Crippen LogP contribution in [0.25, 0.3) is 0 Å². The SMILES string of the molecule is O=S(=O)(NCC1CCSCC1)c1ccc(F)c(CO)c1F. The van der Waals surface area contributed by atoms with Gasteiger partial charge < -0.3 is 5.11 Å². The molecule has 0 radical (unpaired) electrons. The summed E-state index contributed by atoms with van der Waals surface area (Å²) in [6.07, 6.45) is 1.84. The molecule has 2 rings (SSSR count). The van der Waals surface area contributed by atoms with E-state index in [4.69, 9.17) is 5.11 Å². The molecule has 21 heavy (non-hydrogen) atoms. The van der Waals surface area contributed by atoms with Crippen molar-refractivity contribution in [3.05, 3.63) is 29.3 Å². The van der Waals surface area contributed by atoms with Gasteiger partial charge in [-0.15, -0.1) is 0 Å². The molecule has 4 nitrogen and oxygen atoms in total. The fraction of sp³-hybridized carbons (Fsp3) is 0.538. The number of aliphatic hydroxyl groups excluding tert-OH is 1. The Morgan fingerprint density at radius 2 is 1.95 bits per heavy atom. The Morgan fingerprint density at radius 3 is 2.57 bits per heavy atom. The Morgan fingerprint density at radius 1 is 1.29 bits per heavy atom. The van der Waals surface area contributed by atoms with Crippen molar-refractivity contribution in [1.82, 2.24) is 4.72 Å². The van der Waals surface area contributed by atoms with Gasteiger partial charge in [-0.3, -0.25) is 0 Å². The molecular formula is C13H17F2NO3S2. The molecule has 1 aliphatic heterocycles. The largest absolute Gasteiger partial charge is 0.391 e. The molecule has 2 N–H and O–H groups in total. The minimum absolute atomic E-state index is 0.238. The van der Waals surface area contributed by atoms with Gasteiger partial charge in [0.05, 0.1) is 12.2 Å². The molecule has 118 valence electrons. The molecule has 1 heterocycles. The Labute approximate surface area is 127 Å². The molecule has 0 unspecified atom stereocenters. The van der Waals surface area contributed by atoms with Gasteiger partial charge in [0.1, 0.15) is 10.7 Å². The topological polar surface area (TPSA) is 66.4 Å². The number of aliphatic hydroxyl groups is 1. The lowest BCUT2D eigenvalue weighted by molar-refractivity contribution is 0.267. The van der Waals surface area contributed by atoms with Gasteiger partial charge in [-0.2, -0.15) is 11.8 Å². The monoisotopic (exact) mass is 337 g/mol. The summed E-state index contributed by atoms with van der Waals surface area (Å²) >= 11 is 1.83. The second-order valence-electron chi connectivity index (χ2n) is 4.90. The molecule has 1 fully saturated rings. The van der Waals surface area contributed by atoms with Crippen LogP contribution in [-0.2, 0) is 16.6 Å². The Kier molecular flexibility index (Phi) is 5.59. The third kappa shape index (κ3) is 3.94. The first-order valence-corrected chi connectivity index (χ1v) is 9.24. The average Bonchev–Trinajstić information content (AvgIpc) is 2.46. The van der Waals surface area contributed by atoms with Crippen LogP contribution in [-0.4, -0.2) is 31.6 Å². The molecule has 1 aromatic rings. The lowest BCUT2D eigenvalue weighted by atomic mass is 10.0. The van der Waals surface area contributed by atoms with Crippen molar-refractivity contribution in [3.8, 4) is 0 Å². The highest BCUT2D eigenvalue weighted by atomic mass is 32.2. The standard InChI is InChI=1S/C13H17F2NO3S2/c14-11-1-2-12(13(15)10(11)8-17)21(18,19)16-7-9-3-5-20-6-4-9/h1-2,9,16-17H,3-8H2. The fourth-order valence-corrected chi connectivity index (χ4v) is 4.61. The van der Waals surface area contributed by atoms with E-state index in [1.165, 1.54) is 0 Å². The first-order valence-electron chi connectivity index (χ1n) is 6.61. The maximum atomic E-state index is 14.0. The van der Waals surface area contributed by atoms with Gasteiger partial charge in [0.15, 0.2) is 5.82 Å². The molecular weight excluding hydrogens is 320 g/mol. The van der Waals surface area contributed by atoms with Gasteiger partial charge in [-0.25, -0.2) is 21.9 Å². The second kappa shape index (κ2) is 7.04. The normalized spacial score (nSPS) is 17.1. The average molecular weight is 337 g/mol. The molecule has 0 spiro atoms. The van der Waals surface area contributed by atoms with Crippen molar-refractivity contribution in [3.63, 3.8) is 0 Å². The molecule has 1 aromatic carbocycles. The third-order valence-corrected chi connectivity index (χ3v) is 5.99. The summed E-state index contributed by atoms with van der Waals surface area (Å²) in [6, 6.07) is 1.73. The van der Waals surface area contributed by atoms with E-state index in [-0.39, 0.29) is 12.5 Å². The number of thioether (sulfide) groups is 1. The zero-order valence-electron chi connectivity index (χ0n) is 11.3. The van der Waals surface area contributed by atoms with Crippen LogP contribution in [0.1, 0.15) is 18.4 Å². The highest BCUT2D eigenvalue weighted by Crippen LogP contribution is 2.24. The van der Waals surface area contributed by atoms with Gasteiger partial charge in [0, 0.05) is 6.54 Å². The van der Waals surface area contributed by atoms with E-state index in [0.717, 1.165) is 36.5 Å². The van der Waals surface area contributed by atoms with Crippen LogP contribution in [0.5, 0.6) is 0 Å².